The van der Waals surface area contributed by atoms with Crippen LogP contribution >= 0.6 is 0 Å². The molecule has 0 spiro atoms. The Labute approximate surface area is 94.7 Å². The number of hydrogen-bond donors (Lipinski definition) is 1. The van der Waals surface area contributed by atoms with Crippen LogP contribution < -0.4 is 14.8 Å². The maximum absolute atomic E-state index is 5.65. The molecule has 0 aliphatic carbocycles. The quantitative estimate of drug-likeness (QED) is 0.793. The number of rotatable bonds is 5. The first-order valence-corrected chi connectivity index (χ1v) is 5.23. The van der Waals surface area contributed by atoms with E-state index in [0.717, 1.165) is 18.8 Å². The number of ether oxygens (including phenoxy) is 3. The van der Waals surface area contributed by atoms with Crippen LogP contribution in [0.4, 0.5) is 0 Å². The summed E-state index contributed by atoms with van der Waals surface area (Å²) in [7, 11) is 3.21. The summed E-state index contributed by atoms with van der Waals surface area (Å²) in [6, 6.07) is 1.77. The fraction of sp³-hybridized carbons (Fsp3) is 0.545. The molecule has 1 N–H and O–H groups in total. The van der Waals surface area contributed by atoms with Crippen molar-refractivity contribution in [2.75, 3.05) is 27.3 Å². The van der Waals surface area contributed by atoms with Crippen molar-refractivity contribution < 1.29 is 14.2 Å². The molecule has 1 aliphatic rings. The zero-order chi connectivity index (χ0) is 11.4. The Kier molecular flexibility index (Phi) is 3.58. The highest BCUT2D eigenvalue weighted by Crippen LogP contribution is 2.29. The van der Waals surface area contributed by atoms with Gasteiger partial charge in [0.15, 0.2) is 11.5 Å². The Morgan fingerprint density at radius 1 is 1.38 bits per heavy atom. The molecule has 1 aromatic rings. The zero-order valence-electron chi connectivity index (χ0n) is 9.53. The van der Waals surface area contributed by atoms with Crippen molar-refractivity contribution in [3.8, 4) is 11.5 Å². The fourth-order valence-electron chi connectivity index (χ4n) is 1.53. The molecule has 5 heteroatoms. The molecule has 1 fully saturated rings. The minimum absolute atomic E-state index is 0.290. The van der Waals surface area contributed by atoms with Crippen molar-refractivity contribution in [1.82, 2.24) is 10.3 Å². The van der Waals surface area contributed by atoms with Crippen molar-refractivity contribution in [1.29, 1.82) is 0 Å². The van der Waals surface area contributed by atoms with E-state index in [1.54, 1.807) is 26.5 Å². The van der Waals surface area contributed by atoms with Crippen LogP contribution in [0.3, 0.4) is 0 Å². The first kappa shape index (κ1) is 11.2. The van der Waals surface area contributed by atoms with E-state index in [1.165, 1.54) is 0 Å². The maximum Gasteiger partial charge on any atom is 0.184 e. The predicted molar refractivity (Wildman–Crippen MR) is 58.8 cm³/mol. The number of hydrogen-bond acceptors (Lipinski definition) is 5. The van der Waals surface area contributed by atoms with E-state index in [0.29, 0.717) is 18.1 Å². The van der Waals surface area contributed by atoms with Gasteiger partial charge < -0.3 is 19.5 Å². The summed E-state index contributed by atoms with van der Waals surface area (Å²) < 4.78 is 16.1. The fourth-order valence-corrected chi connectivity index (χ4v) is 1.53. The van der Waals surface area contributed by atoms with Gasteiger partial charge in [-0.15, -0.1) is 0 Å². The molecule has 1 saturated heterocycles. The molecule has 5 nitrogen and oxygen atoms in total. The SMILES string of the molecule is COc1ccnc(COC2CNC2)c1OC. The maximum atomic E-state index is 5.65. The molecule has 0 amide bonds. The van der Waals surface area contributed by atoms with E-state index >= 15 is 0 Å². The van der Waals surface area contributed by atoms with Gasteiger partial charge >= 0.3 is 0 Å². The molecule has 1 aliphatic heterocycles. The van der Waals surface area contributed by atoms with Gasteiger partial charge in [0.25, 0.3) is 0 Å². The topological polar surface area (TPSA) is 52.6 Å². The highest BCUT2D eigenvalue weighted by atomic mass is 16.5. The first-order chi connectivity index (χ1) is 7.85. The minimum Gasteiger partial charge on any atom is -0.493 e. The number of nitrogens with zero attached hydrogens (tertiary/aromatic N) is 1. The lowest BCUT2D eigenvalue weighted by Crippen LogP contribution is -2.48. The lowest BCUT2D eigenvalue weighted by molar-refractivity contribution is 0.00510. The average molecular weight is 224 g/mol. The minimum atomic E-state index is 0.290. The van der Waals surface area contributed by atoms with Gasteiger partial charge in [0, 0.05) is 25.4 Å². The number of methoxy groups -OCH3 is 2. The molecular formula is C11H16N2O3. The lowest BCUT2D eigenvalue weighted by atomic mass is 10.2. The standard InChI is InChI=1S/C11H16N2O3/c1-14-10-3-4-13-9(11(10)15-2)7-16-8-5-12-6-8/h3-4,8,12H,5-7H2,1-2H3. The molecule has 0 atom stereocenters. The monoisotopic (exact) mass is 224 g/mol. The van der Waals surface area contributed by atoms with E-state index in [2.05, 4.69) is 10.3 Å². The van der Waals surface area contributed by atoms with Crippen LogP contribution in [0.1, 0.15) is 5.69 Å². The Bertz CT molecular complexity index is 353. The third-order valence-electron chi connectivity index (χ3n) is 2.57. The summed E-state index contributed by atoms with van der Waals surface area (Å²) in [5, 5.41) is 3.15. The van der Waals surface area contributed by atoms with Crippen LogP contribution in [-0.2, 0) is 11.3 Å². The lowest BCUT2D eigenvalue weighted by Gasteiger charge is -2.27. The Balaban J connectivity index is 2.05. The summed E-state index contributed by atoms with van der Waals surface area (Å²) in [6.45, 7) is 2.27. The van der Waals surface area contributed by atoms with Gasteiger partial charge in [-0.05, 0) is 0 Å². The Morgan fingerprint density at radius 3 is 2.75 bits per heavy atom. The van der Waals surface area contributed by atoms with Crippen molar-refractivity contribution in [3.63, 3.8) is 0 Å². The summed E-state index contributed by atoms with van der Waals surface area (Å²) in [4.78, 5) is 4.24. The van der Waals surface area contributed by atoms with E-state index in [4.69, 9.17) is 14.2 Å². The molecule has 88 valence electrons. The molecule has 0 saturated carbocycles. The Morgan fingerprint density at radius 2 is 2.19 bits per heavy atom. The van der Waals surface area contributed by atoms with Gasteiger partial charge in [-0.1, -0.05) is 0 Å². The van der Waals surface area contributed by atoms with Crippen LogP contribution in [0.25, 0.3) is 0 Å². The largest absolute Gasteiger partial charge is 0.493 e. The smallest absolute Gasteiger partial charge is 0.184 e. The average Bonchev–Trinajstić information content (AvgIpc) is 2.26. The molecule has 0 radical (unpaired) electrons. The highest BCUT2D eigenvalue weighted by Gasteiger charge is 2.19. The van der Waals surface area contributed by atoms with Crippen molar-refractivity contribution in [3.05, 3.63) is 18.0 Å². The molecule has 1 aromatic heterocycles. The van der Waals surface area contributed by atoms with E-state index < -0.39 is 0 Å². The summed E-state index contributed by atoms with van der Waals surface area (Å²) in [5.41, 5.74) is 0.772. The molecule has 0 bridgehead atoms. The summed E-state index contributed by atoms with van der Waals surface area (Å²) in [6.07, 6.45) is 1.98. The molecule has 2 heterocycles. The number of pyridine rings is 1. The molecule has 2 rings (SSSR count). The number of aromatic nitrogens is 1. The van der Waals surface area contributed by atoms with Crippen LogP contribution in [-0.4, -0.2) is 38.4 Å². The normalized spacial score (nSPS) is 15.6. The van der Waals surface area contributed by atoms with Gasteiger partial charge in [-0.2, -0.15) is 0 Å². The summed E-state index contributed by atoms with van der Waals surface area (Å²) in [5.74, 6) is 1.33. The van der Waals surface area contributed by atoms with Crippen molar-refractivity contribution in [2.24, 2.45) is 0 Å². The van der Waals surface area contributed by atoms with Crippen LogP contribution in [0.5, 0.6) is 11.5 Å². The van der Waals surface area contributed by atoms with Gasteiger partial charge in [0.05, 0.1) is 26.9 Å². The van der Waals surface area contributed by atoms with Crippen molar-refractivity contribution >= 4 is 0 Å². The van der Waals surface area contributed by atoms with E-state index in [9.17, 15) is 0 Å². The van der Waals surface area contributed by atoms with Crippen LogP contribution in [0.2, 0.25) is 0 Å². The van der Waals surface area contributed by atoms with Gasteiger partial charge in [0.1, 0.15) is 5.69 Å². The van der Waals surface area contributed by atoms with Crippen LogP contribution in [0, 0.1) is 0 Å². The second-order valence-corrected chi connectivity index (χ2v) is 3.58. The highest BCUT2D eigenvalue weighted by molar-refractivity contribution is 5.42. The van der Waals surface area contributed by atoms with Gasteiger partial charge in [-0.3, -0.25) is 4.98 Å². The summed E-state index contributed by atoms with van der Waals surface area (Å²) >= 11 is 0. The first-order valence-electron chi connectivity index (χ1n) is 5.23. The number of nitrogens with one attached hydrogen (secondary N) is 1. The van der Waals surface area contributed by atoms with Gasteiger partial charge in [-0.25, -0.2) is 0 Å². The third-order valence-corrected chi connectivity index (χ3v) is 2.57. The van der Waals surface area contributed by atoms with Crippen LogP contribution in [0.15, 0.2) is 12.3 Å². The second kappa shape index (κ2) is 5.14. The Hall–Kier alpha value is -1.33. The molecule has 16 heavy (non-hydrogen) atoms. The second-order valence-electron chi connectivity index (χ2n) is 3.58. The van der Waals surface area contributed by atoms with Crippen molar-refractivity contribution in [2.45, 2.75) is 12.7 Å². The van der Waals surface area contributed by atoms with Gasteiger partial charge in [0.2, 0.25) is 0 Å². The van der Waals surface area contributed by atoms with E-state index in [1.807, 2.05) is 0 Å². The molecular weight excluding hydrogens is 208 g/mol. The molecule has 0 aromatic carbocycles. The zero-order valence-corrected chi connectivity index (χ0v) is 9.53. The predicted octanol–water partition coefficient (Wildman–Crippen LogP) is 0.587. The van der Waals surface area contributed by atoms with E-state index in [-0.39, 0.29) is 6.10 Å². The molecule has 0 unspecified atom stereocenters. The third kappa shape index (κ3) is 2.25.